The Labute approximate surface area is 315 Å². The number of hydrogen-bond donors (Lipinski definition) is 0. The number of thiophene rings is 1. The highest BCUT2D eigenvalue weighted by Crippen LogP contribution is 2.45. The van der Waals surface area contributed by atoms with E-state index in [1.54, 1.807) is 0 Å². The number of fused-ring (bicyclic) bond motifs is 11. The van der Waals surface area contributed by atoms with Crippen molar-refractivity contribution in [3.05, 3.63) is 168 Å². The second kappa shape index (κ2) is 11.5. The van der Waals surface area contributed by atoms with Crippen molar-refractivity contribution < 1.29 is 4.42 Å². The van der Waals surface area contributed by atoms with Crippen LogP contribution in [0.2, 0.25) is 0 Å². The maximum Gasteiger partial charge on any atom is 0.136 e. The fourth-order valence-corrected chi connectivity index (χ4v) is 10.5. The molecule has 0 spiro atoms. The van der Waals surface area contributed by atoms with Gasteiger partial charge in [-0.3, -0.25) is 0 Å². The van der Waals surface area contributed by atoms with Crippen LogP contribution in [0.3, 0.4) is 0 Å². The maximum absolute atomic E-state index is 6.43. The van der Waals surface area contributed by atoms with E-state index >= 15 is 0 Å². The summed E-state index contributed by atoms with van der Waals surface area (Å²) in [6, 6.07) is 58.2. The normalized spacial score (nSPS) is 13.0. The Morgan fingerprint density at radius 3 is 1.85 bits per heavy atom. The predicted octanol–water partition coefficient (Wildman–Crippen LogP) is 13.8. The van der Waals surface area contributed by atoms with E-state index in [1.165, 1.54) is 96.3 Å². The van der Waals surface area contributed by atoms with Crippen molar-refractivity contribution in [1.82, 2.24) is 0 Å². The summed E-state index contributed by atoms with van der Waals surface area (Å²) in [7, 11) is 0. The van der Waals surface area contributed by atoms with Gasteiger partial charge in [-0.2, -0.15) is 0 Å². The lowest BCUT2D eigenvalue weighted by Crippen LogP contribution is -2.31. The number of para-hydroxylation sites is 1. The molecule has 54 heavy (non-hydrogen) atoms. The summed E-state index contributed by atoms with van der Waals surface area (Å²) in [6.07, 6.45) is 7.05. The molecule has 252 valence electrons. The van der Waals surface area contributed by atoms with Gasteiger partial charge in [0.05, 0.1) is 0 Å². The van der Waals surface area contributed by atoms with Crippen LogP contribution in [0.4, 0.5) is 0 Å². The van der Waals surface area contributed by atoms with Gasteiger partial charge in [-0.25, -0.2) is 0 Å². The zero-order valence-corrected chi connectivity index (χ0v) is 30.2. The van der Waals surface area contributed by atoms with E-state index in [2.05, 4.69) is 170 Å². The SMILES string of the molecule is C1=c2c(-c3ccc(-c4cc5c6ccccc6sc5c5cc6oc7ccccc7c6cc45)cc3)c3ccccc3c(-c3cccc4ccccc34)c2=CCC1. The summed E-state index contributed by atoms with van der Waals surface area (Å²) in [5.41, 5.74) is 9.54. The molecule has 1 aliphatic carbocycles. The molecule has 0 bridgehead atoms. The Kier molecular flexibility index (Phi) is 6.40. The molecule has 0 amide bonds. The second-order valence-corrected chi connectivity index (χ2v) is 15.7. The van der Waals surface area contributed by atoms with E-state index < -0.39 is 0 Å². The summed E-state index contributed by atoms with van der Waals surface area (Å²) in [5, 5.41) is 15.3. The zero-order valence-electron chi connectivity index (χ0n) is 29.4. The van der Waals surface area contributed by atoms with Crippen molar-refractivity contribution in [2.45, 2.75) is 12.8 Å². The van der Waals surface area contributed by atoms with Crippen molar-refractivity contribution in [2.75, 3.05) is 0 Å². The largest absolute Gasteiger partial charge is 0.456 e. The third kappa shape index (κ3) is 4.32. The van der Waals surface area contributed by atoms with Gasteiger partial charge in [0.2, 0.25) is 0 Å². The predicted molar refractivity (Wildman–Crippen MR) is 233 cm³/mol. The molecule has 2 heterocycles. The fraction of sp³-hybridized carbons (Fsp3) is 0.0385. The standard InChI is InChI=1S/C52H32OS/c1-2-14-34-31(12-1)13-11-21-37(34)51-40-19-5-3-17-38(40)50(39-18-4-6-20-41(39)51)33-26-24-32(25-27-33)42-28-45-36-16-8-10-23-49(36)54-52(45)46-30-48-44(29-43(42)46)35-15-7-9-22-47(35)53-48/h1-3,5,7-30H,4,6H2. The molecule has 9 aromatic carbocycles. The molecule has 2 heteroatoms. The smallest absolute Gasteiger partial charge is 0.136 e. The van der Waals surface area contributed by atoms with Gasteiger partial charge in [-0.1, -0.05) is 140 Å². The van der Waals surface area contributed by atoms with Gasteiger partial charge in [-0.05, 0) is 114 Å². The molecular weight excluding hydrogens is 673 g/mol. The van der Waals surface area contributed by atoms with E-state index in [4.69, 9.17) is 4.42 Å². The second-order valence-electron chi connectivity index (χ2n) is 14.6. The molecule has 0 radical (unpaired) electrons. The van der Waals surface area contributed by atoms with E-state index in [0.29, 0.717) is 0 Å². The van der Waals surface area contributed by atoms with Crippen molar-refractivity contribution in [1.29, 1.82) is 0 Å². The molecule has 0 saturated heterocycles. The van der Waals surface area contributed by atoms with Crippen molar-refractivity contribution in [3.63, 3.8) is 0 Å². The molecular formula is C52H32OS. The van der Waals surface area contributed by atoms with E-state index in [9.17, 15) is 0 Å². The van der Waals surface area contributed by atoms with Gasteiger partial charge in [-0.15, -0.1) is 11.3 Å². The highest BCUT2D eigenvalue weighted by molar-refractivity contribution is 7.26. The molecule has 0 fully saturated rings. The van der Waals surface area contributed by atoms with Gasteiger partial charge in [0.1, 0.15) is 11.2 Å². The van der Waals surface area contributed by atoms with Crippen LogP contribution in [0.1, 0.15) is 12.8 Å². The van der Waals surface area contributed by atoms with Gasteiger partial charge < -0.3 is 4.42 Å². The number of hydrogen-bond acceptors (Lipinski definition) is 2. The van der Waals surface area contributed by atoms with E-state index in [1.807, 2.05) is 11.3 Å². The summed E-state index contributed by atoms with van der Waals surface area (Å²) >= 11 is 1.88. The molecule has 0 N–H and O–H groups in total. The minimum Gasteiger partial charge on any atom is -0.456 e. The number of rotatable bonds is 3. The Bertz CT molecular complexity index is 3480. The average molecular weight is 705 g/mol. The van der Waals surface area contributed by atoms with Crippen LogP contribution in [-0.4, -0.2) is 0 Å². The van der Waals surface area contributed by atoms with Gasteiger partial charge in [0.25, 0.3) is 0 Å². The Hall–Kier alpha value is -6.48. The van der Waals surface area contributed by atoms with Crippen LogP contribution in [0.5, 0.6) is 0 Å². The molecule has 1 aliphatic rings. The highest BCUT2D eigenvalue weighted by atomic mass is 32.1. The third-order valence-electron chi connectivity index (χ3n) is 11.7. The number of benzene rings is 9. The first-order valence-electron chi connectivity index (χ1n) is 18.8. The lowest BCUT2D eigenvalue weighted by Gasteiger charge is -2.19. The highest BCUT2D eigenvalue weighted by Gasteiger charge is 2.20. The molecule has 11 aromatic rings. The van der Waals surface area contributed by atoms with Crippen LogP contribution < -0.4 is 10.4 Å². The fourth-order valence-electron chi connectivity index (χ4n) is 9.27. The van der Waals surface area contributed by atoms with Crippen LogP contribution in [0.25, 0.3) is 120 Å². The molecule has 0 saturated carbocycles. The molecule has 2 aromatic heterocycles. The third-order valence-corrected chi connectivity index (χ3v) is 12.9. The van der Waals surface area contributed by atoms with E-state index in [0.717, 1.165) is 34.8 Å². The topological polar surface area (TPSA) is 13.1 Å². The zero-order chi connectivity index (χ0) is 35.3. The average Bonchev–Trinajstić information content (AvgIpc) is 3.80. The molecule has 0 atom stereocenters. The number of furan rings is 1. The maximum atomic E-state index is 6.43. The summed E-state index contributed by atoms with van der Waals surface area (Å²) < 4.78 is 9.05. The Morgan fingerprint density at radius 2 is 1.02 bits per heavy atom. The minimum atomic E-state index is 0.928. The molecule has 1 nitrogen and oxygen atoms in total. The lowest BCUT2D eigenvalue weighted by atomic mass is 9.84. The van der Waals surface area contributed by atoms with Gasteiger partial charge >= 0.3 is 0 Å². The first-order valence-corrected chi connectivity index (χ1v) is 19.6. The van der Waals surface area contributed by atoms with Crippen LogP contribution in [-0.2, 0) is 0 Å². The first kappa shape index (κ1) is 30.0. The molecule has 12 rings (SSSR count). The van der Waals surface area contributed by atoms with Crippen LogP contribution >= 0.6 is 11.3 Å². The first-order chi connectivity index (χ1) is 26.8. The lowest BCUT2D eigenvalue weighted by molar-refractivity contribution is 0.669. The Morgan fingerprint density at radius 1 is 0.389 bits per heavy atom. The summed E-state index contributed by atoms with van der Waals surface area (Å²) in [6.45, 7) is 0. The van der Waals surface area contributed by atoms with Crippen LogP contribution in [0, 0.1) is 0 Å². The van der Waals surface area contributed by atoms with E-state index in [-0.39, 0.29) is 0 Å². The summed E-state index contributed by atoms with van der Waals surface area (Å²) in [4.78, 5) is 0. The van der Waals surface area contributed by atoms with Crippen molar-refractivity contribution in [2.24, 2.45) is 0 Å². The molecule has 0 aliphatic heterocycles. The van der Waals surface area contributed by atoms with Crippen molar-refractivity contribution >= 4 is 97.9 Å². The summed E-state index contributed by atoms with van der Waals surface area (Å²) in [5.74, 6) is 0. The van der Waals surface area contributed by atoms with Gasteiger partial charge in [0, 0.05) is 36.3 Å². The van der Waals surface area contributed by atoms with Crippen molar-refractivity contribution in [3.8, 4) is 33.4 Å². The molecule has 0 unspecified atom stereocenters. The Balaban J connectivity index is 1.10. The van der Waals surface area contributed by atoms with Crippen LogP contribution in [0.15, 0.2) is 162 Å². The van der Waals surface area contributed by atoms with Gasteiger partial charge in [0.15, 0.2) is 0 Å². The quantitative estimate of drug-likeness (QED) is 0.178. The minimum absolute atomic E-state index is 0.928. The monoisotopic (exact) mass is 704 g/mol.